The third-order valence-corrected chi connectivity index (χ3v) is 3.04. The molecule has 0 heterocycles. The lowest BCUT2D eigenvalue weighted by Crippen LogP contribution is -2.21. The van der Waals surface area contributed by atoms with Crippen molar-refractivity contribution in [3.05, 3.63) is 0 Å². The van der Waals surface area contributed by atoms with Gasteiger partial charge in [0.1, 0.15) is 12.7 Å². The Morgan fingerprint density at radius 3 is 2.32 bits per heavy atom. The summed E-state index contributed by atoms with van der Waals surface area (Å²) in [5.41, 5.74) is 0. The molecule has 0 aromatic carbocycles. The van der Waals surface area contributed by atoms with Gasteiger partial charge in [0.2, 0.25) is 0 Å². The van der Waals surface area contributed by atoms with E-state index < -0.39 is 12.7 Å². The first-order valence-corrected chi connectivity index (χ1v) is 7.22. The number of rotatable bonds is 12. The Kier molecular flexibility index (Phi) is 12.0. The first kappa shape index (κ1) is 18.4. The molecule has 0 bridgehead atoms. The molecule has 5 nitrogen and oxygen atoms in total. The Balaban J connectivity index is 3.27. The number of ether oxygens (including phenoxy) is 1. The summed E-state index contributed by atoms with van der Waals surface area (Å²) in [5.74, 6) is -0.325. The molecule has 5 heteroatoms. The Hall–Kier alpha value is -0.650. The zero-order valence-electron chi connectivity index (χ0n) is 11.9. The molecule has 2 unspecified atom stereocenters. The van der Waals surface area contributed by atoms with Crippen molar-refractivity contribution in [1.29, 1.82) is 0 Å². The number of hydrogen-bond acceptors (Lipinski definition) is 5. The largest absolute Gasteiger partial charge is 0.463 e. The number of esters is 1. The molecule has 0 spiro atoms. The number of carbonyl (C=O) groups is 1. The topological polar surface area (TPSA) is 87.0 Å². The van der Waals surface area contributed by atoms with E-state index in [1.165, 1.54) is 0 Å². The highest BCUT2D eigenvalue weighted by atomic mass is 16.5. The Bertz CT molecular complexity index is 220. The van der Waals surface area contributed by atoms with Gasteiger partial charge in [-0.25, -0.2) is 0 Å². The van der Waals surface area contributed by atoms with Crippen LogP contribution in [-0.2, 0) is 9.53 Å². The fourth-order valence-corrected chi connectivity index (χ4v) is 1.70. The van der Waals surface area contributed by atoms with Gasteiger partial charge in [0, 0.05) is 6.42 Å². The molecule has 0 aliphatic heterocycles. The third-order valence-electron chi connectivity index (χ3n) is 3.04. The predicted octanol–water partition coefficient (Wildman–Crippen LogP) is 1.38. The van der Waals surface area contributed by atoms with E-state index in [1.54, 1.807) is 0 Å². The zero-order valence-corrected chi connectivity index (χ0v) is 11.9. The number of aliphatic hydroxyl groups is 3. The van der Waals surface area contributed by atoms with E-state index in [4.69, 9.17) is 14.9 Å². The van der Waals surface area contributed by atoms with Crippen molar-refractivity contribution >= 4 is 5.97 Å². The van der Waals surface area contributed by atoms with E-state index in [9.17, 15) is 9.90 Å². The van der Waals surface area contributed by atoms with Gasteiger partial charge in [-0.2, -0.15) is 0 Å². The Labute approximate surface area is 115 Å². The minimum atomic E-state index is -0.978. The quantitative estimate of drug-likeness (QED) is 0.370. The summed E-state index contributed by atoms with van der Waals surface area (Å²) in [5, 5.41) is 26.9. The van der Waals surface area contributed by atoms with Crippen LogP contribution in [0.1, 0.15) is 58.3 Å². The number of aliphatic hydroxyl groups excluding tert-OH is 3. The van der Waals surface area contributed by atoms with Crippen molar-refractivity contribution in [3.63, 3.8) is 0 Å². The lowest BCUT2D eigenvalue weighted by atomic mass is 10.1. The van der Waals surface area contributed by atoms with Gasteiger partial charge in [-0.15, -0.1) is 0 Å². The molecule has 0 aliphatic rings. The summed E-state index contributed by atoms with van der Waals surface area (Å²) in [6.45, 7) is 1.45. The summed E-state index contributed by atoms with van der Waals surface area (Å²) in [6.07, 6.45) is 5.80. The smallest absolute Gasteiger partial charge is 0.305 e. The molecule has 0 aliphatic carbocycles. The zero-order chi connectivity index (χ0) is 14.5. The maximum atomic E-state index is 11.2. The van der Waals surface area contributed by atoms with Gasteiger partial charge in [-0.3, -0.25) is 4.79 Å². The lowest BCUT2D eigenvalue weighted by Gasteiger charge is -2.08. The van der Waals surface area contributed by atoms with Crippen LogP contribution in [0.2, 0.25) is 0 Å². The maximum Gasteiger partial charge on any atom is 0.305 e. The average Bonchev–Trinajstić information content (AvgIpc) is 2.43. The molecule has 0 aromatic rings. The minimum absolute atomic E-state index is 0.135. The van der Waals surface area contributed by atoms with Crippen LogP contribution in [-0.4, -0.2) is 46.7 Å². The first-order chi connectivity index (χ1) is 9.10. The van der Waals surface area contributed by atoms with Crippen LogP contribution in [0.15, 0.2) is 0 Å². The van der Waals surface area contributed by atoms with Crippen LogP contribution < -0.4 is 0 Å². The van der Waals surface area contributed by atoms with Crippen molar-refractivity contribution in [2.24, 2.45) is 0 Å². The van der Waals surface area contributed by atoms with Gasteiger partial charge < -0.3 is 20.1 Å². The summed E-state index contributed by atoms with van der Waals surface area (Å²) >= 11 is 0. The van der Waals surface area contributed by atoms with Crippen LogP contribution in [0.5, 0.6) is 0 Å². The molecule has 0 amide bonds. The maximum absolute atomic E-state index is 11.2. The van der Waals surface area contributed by atoms with Crippen molar-refractivity contribution in [2.75, 3.05) is 13.2 Å². The number of hydrogen-bond donors (Lipinski definition) is 3. The van der Waals surface area contributed by atoms with Gasteiger partial charge in [0.15, 0.2) is 0 Å². The van der Waals surface area contributed by atoms with E-state index in [1.807, 2.05) is 6.92 Å². The molecule has 114 valence electrons. The highest BCUT2D eigenvalue weighted by molar-refractivity contribution is 5.69. The summed E-state index contributed by atoms with van der Waals surface area (Å²) < 4.78 is 4.79. The van der Waals surface area contributed by atoms with Crippen molar-refractivity contribution < 1.29 is 24.9 Å². The second kappa shape index (κ2) is 12.4. The van der Waals surface area contributed by atoms with Crippen LogP contribution in [0.25, 0.3) is 0 Å². The van der Waals surface area contributed by atoms with Crippen molar-refractivity contribution in [3.8, 4) is 0 Å². The second-order valence-electron chi connectivity index (χ2n) is 4.89. The second-order valence-corrected chi connectivity index (χ2v) is 4.89. The van der Waals surface area contributed by atoms with Crippen LogP contribution in [0.4, 0.5) is 0 Å². The molecule has 0 radical (unpaired) electrons. The lowest BCUT2D eigenvalue weighted by molar-refractivity contribution is -0.147. The molecule has 3 N–H and O–H groups in total. The van der Waals surface area contributed by atoms with Crippen LogP contribution in [0.3, 0.4) is 0 Å². The Morgan fingerprint density at radius 2 is 1.68 bits per heavy atom. The molecule has 0 aromatic heterocycles. The average molecular weight is 276 g/mol. The SMILES string of the molecule is CCC(O)CCCCCCCC(=O)OCC(O)CO. The van der Waals surface area contributed by atoms with E-state index >= 15 is 0 Å². The molecule has 2 atom stereocenters. The van der Waals surface area contributed by atoms with Gasteiger partial charge in [-0.1, -0.05) is 32.6 Å². The standard InChI is InChI=1S/C14H28O5/c1-2-12(16)8-6-4-3-5-7-9-14(18)19-11-13(17)10-15/h12-13,15-17H,2-11H2,1H3. The van der Waals surface area contributed by atoms with E-state index in [0.717, 1.165) is 44.9 Å². The van der Waals surface area contributed by atoms with Crippen molar-refractivity contribution in [1.82, 2.24) is 0 Å². The van der Waals surface area contributed by atoms with E-state index in [-0.39, 0.29) is 18.7 Å². The van der Waals surface area contributed by atoms with Crippen molar-refractivity contribution in [2.45, 2.75) is 70.5 Å². The van der Waals surface area contributed by atoms with Gasteiger partial charge in [0.25, 0.3) is 0 Å². The number of carbonyl (C=O) groups excluding carboxylic acids is 1. The molecular formula is C14H28O5. The molecule has 19 heavy (non-hydrogen) atoms. The first-order valence-electron chi connectivity index (χ1n) is 7.22. The van der Waals surface area contributed by atoms with Gasteiger partial charge in [-0.05, 0) is 19.3 Å². The third kappa shape index (κ3) is 12.1. The summed E-state index contributed by atoms with van der Waals surface area (Å²) in [7, 11) is 0. The number of unbranched alkanes of at least 4 members (excludes halogenated alkanes) is 4. The van der Waals surface area contributed by atoms with Crippen LogP contribution >= 0.6 is 0 Å². The monoisotopic (exact) mass is 276 g/mol. The molecule has 0 fully saturated rings. The van der Waals surface area contributed by atoms with E-state index in [0.29, 0.717) is 6.42 Å². The molecule has 0 rings (SSSR count). The normalized spacial score (nSPS) is 14.1. The van der Waals surface area contributed by atoms with E-state index in [2.05, 4.69) is 0 Å². The van der Waals surface area contributed by atoms with Crippen LogP contribution in [0, 0.1) is 0 Å². The molecular weight excluding hydrogens is 248 g/mol. The minimum Gasteiger partial charge on any atom is -0.463 e. The predicted molar refractivity (Wildman–Crippen MR) is 72.7 cm³/mol. The fraction of sp³-hybridized carbons (Fsp3) is 0.929. The highest BCUT2D eigenvalue weighted by Gasteiger charge is 2.07. The fourth-order valence-electron chi connectivity index (χ4n) is 1.70. The molecule has 0 saturated heterocycles. The summed E-state index contributed by atoms with van der Waals surface area (Å²) in [6, 6.07) is 0. The van der Waals surface area contributed by atoms with Gasteiger partial charge >= 0.3 is 5.97 Å². The van der Waals surface area contributed by atoms with Gasteiger partial charge in [0.05, 0.1) is 12.7 Å². The summed E-state index contributed by atoms with van der Waals surface area (Å²) in [4.78, 5) is 11.2. The highest BCUT2D eigenvalue weighted by Crippen LogP contribution is 2.10. The molecule has 0 saturated carbocycles. The Morgan fingerprint density at radius 1 is 1.05 bits per heavy atom.